The molecule has 0 aliphatic rings. The molecule has 2 heterocycles. The molecule has 2 aromatic heterocycles. The van der Waals surface area contributed by atoms with E-state index in [1.165, 1.54) is 10.7 Å². The lowest BCUT2D eigenvalue weighted by molar-refractivity contribution is 0.532. The number of halogens is 1. The zero-order chi connectivity index (χ0) is 19.0. The van der Waals surface area contributed by atoms with Gasteiger partial charge in [-0.15, -0.1) is 0 Å². The van der Waals surface area contributed by atoms with Crippen molar-refractivity contribution < 1.29 is 8.81 Å². The number of aromatic nitrogens is 3. The molecular weight excluding hydrogens is 349 g/mol. The average Bonchev–Trinajstić information content (AvgIpc) is 2.96. The van der Waals surface area contributed by atoms with Crippen molar-refractivity contribution in [3.8, 4) is 0 Å². The Morgan fingerprint density at radius 2 is 1.96 bits per heavy atom. The standard InChI is InChI=1S/C19H16FN5O2/c1-11-7-8-14(13(20)9-11)22-18-21-10-12(2)17(23-18)24-25-15-5-3-4-6-16(15)27-19(25)26/h3-10H,1-2H3,(H2,21,22,23,24). The maximum absolute atomic E-state index is 14.1. The third-order valence-electron chi connectivity index (χ3n) is 4.05. The van der Waals surface area contributed by atoms with Gasteiger partial charge in [-0.1, -0.05) is 18.2 Å². The van der Waals surface area contributed by atoms with Crippen molar-refractivity contribution in [2.75, 3.05) is 10.7 Å². The Labute approximate surface area is 153 Å². The van der Waals surface area contributed by atoms with Crippen LogP contribution in [0.3, 0.4) is 0 Å². The Hall–Kier alpha value is -3.68. The summed E-state index contributed by atoms with van der Waals surface area (Å²) < 4.78 is 20.5. The van der Waals surface area contributed by atoms with Gasteiger partial charge in [-0.25, -0.2) is 14.2 Å². The van der Waals surface area contributed by atoms with Crippen LogP contribution in [-0.2, 0) is 0 Å². The number of hydrogen-bond acceptors (Lipinski definition) is 6. The van der Waals surface area contributed by atoms with Gasteiger partial charge in [-0.2, -0.15) is 9.66 Å². The summed E-state index contributed by atoms with van der Waals surface area (Å²) in [5, 5.41) is 2.85. The predicted molar refractivity (Wildman–Crippen MR) is 101 cm³/mol. The van der Waals surface area contributed by atoms with Crippen LogP contribution in [0, 0.1) is 19.7 Å². The molecule has 0 saturated heterocycles. The number of fused-ring (bicyclic) bond motifs is 1. The molecule has 2 N–H and O–H groups in total. The van der Waals surface area contributed by atoms with Gasteiger partial charge in [0.15, 0.2) is 11.4 Å². The normalized spacial score (nSPS) is 10.9. The average molecular weight is 365 g/mol. The van der Waals surface area contributed by atoms with Crippen molar-refractivity contribution in [3.63, 3.8) is 0 Å². The lowest BCUT2D eigenvalue weighted by Crippen LogP contribution is -2.23. The summed E-state index contributed by atoms with van der Waals surface area (Å²) in [5.74, 6) is -0.362. The van der Waals surface area contributed by atoms with Crippen molar-refractivity contribution in [1.82, 2.24) is 14.6 Å². The van der Waals surface area contributed by atoms with Crippen LogP contribution in [-0.4, -0.2) is 14.6 Å². The van der Waals surface area contributed by atoms with E-state index < -0.39 is 11.6 Å². The van der Waals surface area contributed by atoms with Crippen molar-refractivity contribution in [3.05, 3.63) is 76.2 Å². The number of para-hydroxylation sites is 2. The minimum absolute atomic E-state index is 0.201. The molecule has 7 nitrogen and oxygen atoms in total. The van der Waals surface area contributed by atoms with Crippen molar-refractivity contribution >= 4 is 28.6 Å². The molecule has 4 aromatic rings. The SMILES string of the molecule is Cc1ccc(Nc2ncc(C)c(Nn3c(=O)oc4ccccc43)n2)c(F)c1. The highest BCUT2D eigenvalue weighted by molar-refractivity contribution is 5.73. The zero-order valence-electron chi connectivity index (χ0n) is 14.7. The van der Waals surface area contributed by atoms with Gasteiger partial charge >= 0.3 is 5.76 Å². The second kappa shape index (κ2) is 6.56. The van der Waals surface area contributed by atoms with E-state index in [4.69, 9.17) is 4.42 Å². The largest absolute Gasteiger partial charge is 0.439 e. The maximum atomic E-state index is 14.1. The van der Waals surface area contributed by atoms with E-state index in [-0.39, 0.29) is 11.6 Å². The fraction of sp³-hybridized carbons (Fsp3) is 0.105. The summed E-state index contributed by atoms with van der Waals surface area (Å²) in [7, 11) is 0. The maximum Gasteiger partial charge on any atom is 0.439 e. The fourth-order valence-electron chi connectivity index (χ4n) is 2.64. The zero-order valence-corrected chi connectivity index (χ0v) is 14.7. The van der Waals surface area contributed by atoms with Crippen molar-refractivity contribution in [2.24, 2.45) is 0 Å². The van der Waals surface area contributed by atoms with Gasteiger partial charge in [0.2, 0.25) is 5.95 Å². The van der Waals surface area contributed by atoms with Gasteiger partial charge in [-0.3, -0.25) is 5.43 Å². The first-order chi connectivity index (χ1) is 13.0. The molecule has 8 heteroatoms. The van der Waals surface area contributed by atoms with Gasteiger partial charge in [0.05, 0.1) is 5.69 Å². The van der Waals surface area contributed by atoms with Crippen LogP contribution >= 0.6 is 0 Å². The molecule has 136 valence electrons. The van der Waals surface area contributed by atoms with Gasteiger partial charge < -0.3 is 9.73 Å². The molecule has 0 saturated carbocycles. The van der Waals surface area contributed by atoms with Crippen LogP contribution in [0.15, 0.2) is 57.9 Å². The number of nitrogens with zero attached hydrogens (tertiary/aromatic N) is 3. The van der Waals surface area contributed by atoms with Crippen LogP contribution in [0.4, 0.5) is 21.8 Å². The lowest BCUT2D eigenvalue weighted by Gasteiger charge is -2.11. The Morgan fingerprint density at radius 3 is 2.78 bits per heavy atom. The predicted octanol–water partition coefficient (Wildman–Crippen LogP) is 3.76. The monoisotopic (exact) mass is 365 g/mol. The number of rotatable bonds is 4. The molecule has 2 aromatic carbocycles. The lowest BCUT2D eigenvalue weighted by atomic mass is 10.2. The highest BCUT2D eigenvalue weighted by Crippen LogP contribution is 2.21. The van der Waals surface area contributed by atoms with E-state index >= 15 is 0 Å². The van der Waals surface area contributed by atoms with E-state index in [2.05, 4.69) is 20.7 Å². The molecule has 0 aliphatic heterocycles. The van der Waals surface area contributed by atoms with E-state index in [1.54, 1.807) is 49.5 Å². The Kier molecular flexibility index (Phi) is 4.08. The molecule has 0 fully saturated rings. The number of nitrogens with one attached hydrogen (secondary N) is 2. The Morgan fingerprint density at radius 1 is 1.15 bits per heavy atom. The number of benzene rings is 2. The van der Waals surface area contributed by atoms with Crippen molar-refractivity contribution in [2.45, 2.75) is 13.8 Å². The Bertz CT molecular complexity index is 1200. The molecule has 27 heavy (non-hydrogen) atoms. The molecule has 4 rings (SSSR count). The van der Waals surface area contributed by atoms with Gasteiger partial charge in [0.25, 0.3) is 0 Å². The quantitative estimate of drug-likeness (QED) is 0.573. The highest BCUT2D eigenvalue weighted by atomic mass is 19.1. The van der Waals surface area contributed by atoms with E-state index in [0.29, 0.717) is 22.5 Å². The van der Waals surface area contributed by atoms with Gasteiger partial charge in [-0.05, 0) is 43.7 Å². The first kappa shape index (κ1) is 16.8. The number of oxazole rings is 1. The first-order valence-corrected chi connectivity index (χ1v) is 8.26. The Balaban J connectivity index is 1.68. The van der Waals surface area contributed by atoms with E-state index in [0.717, 1.165) is 5.56 Å². The smallest absolute Gasteiger partial charge is 0.406 e. The van der Waals surface area contributed by atoms with Gasteiger partial charge in [0.1, 0.15) is 11.3 Å². The van der Waals surface area contributed by atoms with E-state index in [1.807, 2.05) is 6.92 Å². The summed E-state index contributed by atoms with van der Waals surface area (Å²) in [6, 6.07) is 11.9. The van der Waals surface area contributed by atoms with Crippen LogP contribution in [0.5, 0.6) is 0 Å². The second-order valence-electron chi connectivity index (χ2n) is 6.12. The molecule has 0 atom stereocenters. The van der Waals surface area contributed by atoms with Crippen molar-refractivity contribution in [1.29, 1.82) is 0 Å². The minimum Gasteiger partial charge on any atom is -0.406 e. The molecular formula is C19H16FN5O2. The molecule has 0 radical (unpaired) electrons. The summed E-state index contributed by atoms with van der Waals surface area (Å²) in [6.45, 7) is 3.61. The minimum atomic E-state index is -0.562. The molecule has 0 aliphatic carbocycles. The van der Waals surface area contributed by atoms with Crippen LogP contribution in [0.25, 0.3) is 11.1 Å². The van der Waals surface area contributed by atoms with Crippen LogP contribution in [0.1, 0.15) is 11.1 Å². The third kappa shape index (κ3) is 3.24. The molecule has 0 spiro atoms. The van der Waals surface area contributed by atoms with Gasteiger partial charge in [0, 0.05) is 11.8 Å². The molecule has 0 amide bonds. The third-order valence-corrected chi connectivity index (χ3v) is 4.05. The first-order valence-electron chi connectivity index (χ1n) is 8.26. The van der Waals surface area contributed by atoms with E-state index in [9.17, 15) is 9.18 Å². The fourth-order valence-corrected chi connectivity index (χ4v) is 2.64. The number of anilines is 3. The summed E-state index contributed by atoms with van der Waals surface area (Å²) in [5.41, 5.74) is 5.77. The number of hydrogen-bond donors (Lipinski definition) is 2. The topological polar surface area (TPSA) is 85.0 Å². The molecule has 0 bridgehead atoms. The summed E-state index contributed by atoms with van der Waals surface area (Å²) >= 11 is 0. The number of aryl methyl sites for hydroxylation is 2. The van der Waals surface area contributed by atoms with Crippen LogP contribution < -0.4 is 16.5 Å². The van der Waals surface area contributed by atoms with Crippen LogP contribution in [0.2, 0.25) is 0 Å². The second-order valence-corrected chi connectivity index (χ2v) is 6.12. The molecule has 0 unspecified atom stereocenters. The summed E-state index contributed by atoms with van der Waals surface area (Å²) in [6.07, 6.45) is 1.58. The highest BCUT2D eigenvalue weighted by Gasteiger charge is 2.12. The summed E-state index contributed by atoms with van der Waals surface area (Å²) in [4.78, 5) is 20.7.